The summed E-state index contributed by atoms with van der Waals surface area (Å²) in [5.41, 5.74) is 5.49. The summed E-state index contributed by atoms with van der Waals surface area (Å²) in [5, 5.41) is 9.54. The van der Waals surface area contributed by atoms with Crippen molar-refractivity contribution in [2.45, 2.75) is 76.5 Å². The average molecular weight is 386 g/mol. The van der Waals surface area contributed by atoms with Crippen molar-refractivity contribution in [2.24, 2.45) is 0 Å². The lowest BCUT2D eigenvalue weighted by Gasteiger charge is -2.35. The highest BCUT2D eigenvalue weighted by Crippen LogP contribution is 2.40. The predicted octanol–water partition coefficient (Wildman–Crippen LogP) is 5.36. The highest BCUT2D eigenvalue weighted by molar-refractivity contribution is 7.07. The van der Waals surface area contributed by atoms with Crippen LogP contribution in [0.15, 0.2) is 35.7 Å². The third kappa shape index (κ3) is 4.49. The van der Waals surface area contributed by atoms with Crippen LogP contribution in [0, 0.1) is 0 Å². The van der Waals surface area contributed by atoms with Crippen LogP contribution in [0.3, 0.4) is 0 Å². The molecule has 0 aliphatic heterocycles. The molecule has 0 aliphatic rings. The molecule has 0 saturated heterocycles. The van der Waals surface area contributed by atoms with E-state index in [0.29, 0.717) is 0 Å². The first-order valence-corrected chi connectivity index (χ1v) is 10.6. The lowest BCUT2D eigenvalue weighted by atomic mass is 9.70. The van der Waals surface area contributed by atoms with Gasteiger partial charge in [-0.2, -0.15) is 5.10 Å². The Morgan fingerprint density at radius 1 is 0.889 bits per heavy atom. The minimum atomic E-state index is 0.0148. The molecule has 0 aromatic carbocycles. The second-order valence-electron chi connectivity index (χ2n) is 9.12. The fraction of sp³-hybridized carbons (Fsp3) is 0.571. The van der Waals surface area contributed by atoms with Gasteiger partial charge < -0.3 is 4.98 Å². The van der Waals surface area contributed by atoms with E-state index in [2.05, 4.69) is 77.4 Å². The van der Waals surface area contributed by atoms with Crippen LogP contribution in [-0.4, -0.2) is 25.1 Å². The quantitative estimate of drug-likeness (QED) is 0.521. The molecule has 146 valence electrons. The SMILES string of the molecule is CC(C)(CCC(C)(CCC(C)(C)c1cc[nH]n1)c1c[nH]cn1)c1cscn1. The summed E-state index contributed by atoms with van der Waals surface area (Å²) < 4.78 is 0. The van der Waals surface area contributed by atoms with Crippen molar-refractivity contribution in [3.63, 3.8) is 0 Å². The van der Waals surface area contributed by atoms with Gasteiger partial charge in [-0.1, -0.05) is 34.6 Å². The van der Waals surface area contributed by atoms with Crippen molar-refractivity contribution in [1.29, 1.82) is 0 Å². The molecule has 2 N–H and O–H groups in total. The van der Waals surface area contributed by atoms with E-state index in [1.807, 2.05) is 11.7 Å². The largest absolute Gasteiger partial charge is 0.351 e. The van der Waals surface area contributed by atoms with Gasteiger partial charge in [0.2, 0.25) is 0 Å². The van der Waals surface area contributed by atoms with Gasteiger partial charge in [0.25, 0.3) is 0 Å². The normalized spacial score (nSPS) is 15.0. The first kappa shape index (κ1) is 19.8. The Morgan fingerprint density at radius 3 is 2.11 bits per heavy atom. The van der Waals surface area contributed by atoms with E-state index in [1.54, 1.807) is 17.7 Å². The summed E-state index contributed by atoms with van der Waals surface area (Å²) in [6.07, 6.45) is 10.0. The smallest absolute Gasteiger partial charge is 0.0923 e. The maximum atomic E-state index is 4.62. The van der Waals surface area contributed by atoms with E-state index in [-0.39, 0.29) is 16.2 Å². The van der Waals surface area contributed by atoms with Crippen molar-refractivity contribution in [3.8, 4) is 0 Å². The summed E-state index contributed by atoms with van der Waals surface area (Å²) in [6, 6.07) is 2.08. The van der Waals surface area contributed by atoms with E-state index in [9.17, 15) is 0 Å². The molecule has 0 radical (unpaired) electrons. The van der Waals surface area contributed by atoms with Crippen molar-refractivity contribution in [2.75, 3.05) is 0 Å². The number of nitrogens with one attached hydrogen (secondary N) is 2. The lowest BCUT2D eigenvalue weighted by Crippen LogP contribution is -2.30. The summed E-state index contributed by atoms with van der Waals surface area (Å²) in [7, 11) is 0. The van der Waals surface area contributed by atoms with Crippen molar-refractivity contribution >= 4 is 11.3 Å². The van der Waals surface area contributed by atoms with Gasteiger partial charge in [-0.25, -0.2) is 9.97 Å². The molecular formula is C21H31N5S. The highest BCUT2D eigenvalue weighted by atomic mass is 32.1. The average Bonchev–Trinajstić information content (AvgIpc) is 3.39. The zero-order valence-electron chi connectivity index (χ0n) is 17.0. The Morgan fingerprint density at radius 2 is 1.59 bits per heavy atom. The Bertz CT molecular complexity index is 751. The molecule has 0 fully saturated rings. The molecule has 1 atom stereocenters. The fourth-order valence-corrected chi connectivity index (χ4v) is 4.33. The van der Waals surface area contributed by atoms with Gasteiger partial charge in [0.1, 0.15) is 0 Å². The summed E-state index contributed by atoms with van der Waals surface area (Å²) in [6.45, 7) is 11.5. The zero-order chi connectivity index (χ0) is 19.5. The Kier molecular flexibility index (Phi) is 5.56. The molecule has 0 amide bonds. The maximum absolute atomic E-state index is 4.62. The van der Waals surface area contributed by atoms with Crippen LogP contribution in [0.1, 0.15) is 77.4 Å². The fourth-order valence-electron chi connectivity index (χ4n) is 3.59. The summed E-state index contributed by atoms with van der Waals surface area (Å²) >= 11 is 1.67. The molecule has 3 rings (SSSR count). The number of nitrogens with zero attached hydrogens (tertiary/aromatic N) is 3. The molecule has 6 heteroatoms. The molecule has 3 aromatic heterocycles. The molecule has 0 saturated carbocycles. The van der Waals surface area contributed by atoms with Gasteiger partial charge in [0.05, 0.1) is 28.9 Å². The molecule has 1 unspecified atom stereocenters. The molecule has 0 spiro atoms. The first-order valence-electron chi connectivity index (χ1n) is 9.61. The van der Waals surface area contributed by atoms with E-state index < -0.39 is 0 Å². The lowest BCUT2D eigenvalue weighted by molar-refractivity contribution is 0.293. The third-order valence-electron chi connectivity index (χ3n) is 6.04. The highest BCUT2D eigenvalue weighted by Gasteiger charge is 2.35. The number of aromatic amines is 2. The van der Waals surface area contributed by atoms with Crippen LogP contribution >= 0.6 is 11.3 Å². The number of thiazole rings is 1. The Balaban J connectivity index is 1.75. The molecular weight excluding hydrogens is 354 g/mol. The van der Waals surface area contributed by atoms with Crippen LogP contribution in [0.2, 0.25) is 0 Å². The van der Waals surface area contributed by atoms with Gasteiger partial charge in [-0.3, -0.25) is 5.10 Å². The number of rotatable bonds is 9. The van der Waals surface area contributed by atoms with E-state index >= 15 is 0 Å². The number of hydrogen-bond acceptors (Lipinski definition) is 4. The van der Waals surface area contributed by atoms with Crippen LogP contribution in [0.25, 0.3) is 0 Å². The van der Waals surface area contributed by atoms with E-state index in [0.717, 1.165) is 37.1 Å². The molecule has 27 heavy (non-hydrogen) atoms. The minimum Gasteiger partial charge on any atom is -0.351 e. The van der Waals surface area contributed by atoms with Gasteiger partial charge in [-0.15, -0.1) is 11.3 Å². The van der Waals surface area contributed by atoms with Crippen molar-refractivity contribution in [3.05, 3.63) is 52.8 Å². The summed E-state index contributed by atoms with van der Waals surface area (Å²) in [5.74, 6) is 0. The Labute approximate surface area is 166 Å². The first-order chi connectivity index (χ1) is 12.7. The molecule has 0 aliphatic carbocycles. The standard InChI is InChI=1S/C21H31N5S/c1-19(2,16-6-11-25-26-16)7-9-21(5,17-12-22-14-23-17)10-8-20(3,4)18-13-27-15-24-18/h6,11-15H,7-10H2,1-5H3,(H,22,23)(H,25,26). The van der Waals surface area contributed by atoms with Gasteiger partial charge in [0, 0.05) is 34.0 Å². The monoisotopic (exact) mass is 385 g/mol. The Hall–Kier alpha value is -1.95. The second kappa shape index (κ2) is 7.58. The van der Waals surface area contributed by atoms with Crippen molar-refractivity contribution in [1.82, 2.24) is 25.1 Å². The minimum absolute atomic E-state index is 0.0148. The van der Waals surface area contributed by atoms with Crippen LogP contribution in [0.4, 0.5) is 0 Å². The molecule has 3 aromatic rings. The number of H-pyrrole nitrogens is 2. The summed E-state index contributed by atoms with van der Waals surface area (Å²) in [4.78, 5) is 12.3. The topological polar surface area (TPSA) is 70.2 Å². The van der Waals surface area contributed by atoms with Crippen LogP contribution < -0.4 is 0 Å². The van der Waals surface area contributed by atoms with Gasteiger partial charge >= 0.3 is 0 Å². The van der Waals surface area contributed by atoms with E-state index in [4.69, 9.17) is 0 Å². The van der Waals surface area contributed by atoms with Gasteiger partial charge in [0.15, 0.2) is 0 Å². The molecule has 0 bridgehead atoms. The second-order valence-corrected chi connectivity index (χ2v) is 9.83. The molecule has 3 heterocycles. The van der Waals surface area contributed by atoms with Crippen LogP contribution in [-0.2, 0) is 16.2 Å². The zero-order valence-corrected chi connectivity index (χ0v) is 17.9. The molecule has 5 nitrogen and oxygen atoms in total. The number of aromatic nitrogens is 5. The number of hydrogen-bond donors (Lipinski definition) is 2. The maximum Gasteiger partial charge on any atom is 0.0923 e. The number of imidazole rings is 1. The third-order valence-corrected chi connectivity index (χ3v) is 6.63. The van der Waals surface area contributed by atoms with Crippen molar-refractivity contribution < 1.29 is 0 Å². The van der Waals surface area contributed by atoms with E-state index in [1.165, 1.54) is 5.69 Å². The predicted molar refractivity (Wildman–Crippen MR) is 111 cm³/mol. The van der Waals surface area contributed by atoms with Gasteiger partial charge in [-0.05, 0) is 31.7 Å². The van der Waals surface area contributed by atoms with Crippen LogP contribution in [0.5, 0.6) is 0 Å².